The van der Waals surface area contributed by atoms with Gasteiger partial charge in [-0.2, -0.15) is 11.3 Å². The molecule has 0 saturated carbocycles. The monoisotopic (exact) mass is 292 g/mol. The second-order valence-electron chi connectivity index (χ2n) is 4.85. The van der Waals surface area contributed by atoms with Crippen LogP contribution in [0.1, 0.15) is 17.0 Å². The molecule has 0 bridgehead atoms. The zero-order chi connectivity index (χ0) is 13.9. The average molecular weight is 292 g/mol. The van der Waals surface area contributed by atoms with Gasteiger partial charge >= 0.3 is 0 Å². The lowest BCUT2D eigenvalue weighted by Gasteiger charge is -2.24. The van der Waals surface area contributed by atoms with Crippen LogP contribution >= 0.6 is 11.3 Å². The molecular weight excluding hydrogens is 276 g/mol. The molecule has 106 valence electrons. The minimum absolute atomic E-state index is 0.0209. The van der Waals surface area contributed by atoms with Crippen molar-refractivity contribution in [1.29, 1.82) is 0 Å². The van der Waals surface area contributed by atoms with Crippen LogP contribution in [0.3, 0.4) is 0 Å². The van der Waals surface area contributed by atoms with Crippen molar-refractivity contribution < 1.29 is 9.53 Å². The first-order valence-corrected chi connectivity index (χ1v) is 7.45. The molecule has 3 rings (SSSR count). The Kier molecular flexibility index (Phi) is 3.79. The average Bonchev–Trinajstić information content (AvgIpc) is 3.07. The number of nitrogens with zero attached hydrogens (tertiary/aromatic N) is 3. The van der Waals surface area contributed by atoms with Crippen molar-refractivity contribution in [2.75, 3.05) is 6.54 Å². The fourth-order valence-corrected chi connectivity index (χ4v) is 2.85. The van der Waals surface area contributed by atoms with E-state index in [2.05, 4.69) is 15.6 Å². The van der Waals surface area contributed by atoms with Crippen LogP contribution in [-0.2, 0) is 29.1 Å². The molecule has 1 aliphatic heterocycles. The topological polar surface area (TPSA) is 69.0 Å². The summed E-state index contributed by atoms with van der Waals surface area (Å²) in [5, 5.41) is 15.0. The SMILES string of the molecule is Cc1nnn2c1COC(CNC(=O)Cc1ccsc1)C2. The van der Waals surface area contributed by atoms with Crippen LogP contribution in [0.2, 0.25) is 0 Å². The van der Waals surface area contributed by atoms with E-state index in [0.717, 1.165) is 17.0 Å². The summed E-state index contributed by atoms with van der Waals surface area (Å²) in [6.07, 6.45) is 0.374. The van der Waals surface area contributed by atoms with Gasteiger partial charge in [-0.3, -0.25) is 4.79 Å². The summed E-state index contributed by atoms with van der Waals surface area (Å²) in [6, 6.07) is 1.96. The summed E-state index contributed by atoms with van der Waals surface area (Å²) in [5.41, 5.74) is 2.97. The fourth-order valence-electron chi connectivity index (χ4n) is 2.18. The van der Waals surface area contributed by atoms with Gasteiger partial charge in [-0.15, -0.1) is 5.10 Å². The number of rotatable bonds is 4. The number of nitrogens with one attached hydrogen (secondary N) is 1. The summed E-state index contributed by atoms with van der Waals surface area (Å²) in [6.45, 7) is 3.56. The molecule has 0 spiro atoms. The summed E-state index contributed by atoms with van der Waals surface area (Å²) in [5.74, 6) is 0.0209. The van der Waals surface area contributed by atoms with E-state index in [4.69, 9.17) is 4.74 Å². The molecular formula is C13H16N4O2S. The Morgan fingerprint density at radius 3 is 3.35 bits per heavy atom. The highest BCUT2D eigenvalue weighted by Gasteiger charge is 2.22. The zero-order valence-electron chi connectivity index (χ0n) is 11.2. The highest BCUT2D eigenvalue weighted by Crippen LogP contribution is 2.14. The number of hydrogen-bond acceptors (Lipinski definition) is 5. The largest absolute Gasteiger partial charge is 0.368 e. The zero-order valence-corrected chi connectivity index (χ0v) is 12.0. The number of aryl methyl sites for hydroxylation is 1. The third-order valence-electron chi connectivity index (χ3n) is 3.34. The molecule has 20 heavy (non-hydrogen) atoms. The number of carbonyl (C=O) groups is 1. The molecule has 1 unspecified atom stereocenters. The molecule has 1 N–H and O–H groups in total. The maximum atomic E-state index is 11.8. The van der Waals surface area contributed by atoms with Crippen molar-refractivity contribution in [1.82, 2.24) is 20.3 Å². The van der Waals surface area contributed by atoms with E-state index in [0.29, 0.717) is 26.1 Å². The molecule has 1 aliphatic rings. The molecule has 7 heteroatoms. The number of carbonyl (C=O) groups excluding carboxylic acids is 1. The lowest BCUT2D eigenvalue weighted by Crippen LogP contribution is -2.39. The molecule has 0 radical (unpaired) electrons. The molecule has 1 atom stereocenters. The first kappa shape index (κ1) is 13.3. The van der Waals surface area contributed by atoms with Crippen LogP contribution in [0, 0.1) is 6.92 Å². The van der Waals surface area contributed by atoms with Gasteiger partial charge in [0.25, 0.3) is 0 Å². The van der Waals surface area contributed by atoms with Crippen LogP contribution < -0.4 is 5.32 Å². The van der Waals surface area contributed by atoms with Crippen LogP contribution in [0.15, 0.2) is 16.8 Å². The van der Waals surface area contributed by atoms with E-state index >= 15 is 0 Å². The smallest absolute Gasteiger partial charge is 0.224 e. The third kappa shape index (κ3) is 2.88. The minimum atomic E-state index is -0.0463. The molecule has 0 aliphatic carbocycles. The van der Waals surface area contributed by atoms with Gasteiger partial charge in [-0.05, 0) is 29.3 Å². The lowest BCUT2D eigenvalue weighted by atomic mass is 10.2. The Morgan fingerprint density at radius 1 is 1.65 bits per heavy atom. The number of hydrogen-bond donors (Lipinski definition) is 1. The van der Waals surface area contributed by atoms with Crippen molar-refractivity contribution in [2.45, 2.75) is 32.6 Å². The number of thiophene rings is 1. The quantitative estimate of drug-likeness (QED) is 0.909. The molecule has 0 saturated heterocycles. The Balaban J connectivity index is 1.49. The fraction of sp³-hybridized carbons (Fsp3) is 0.462. The first-order valence-electron chi connectivity index (χ1n) is 6.50. The van der Waals surface area contributed by atoms with Gasteiger partial charge in [0.05, 0.1) is 37.1 Å². The van der Waals surface area contributed by atoms with Gasteiger partial charge in [0.1, 0.15) is 0 Å². The van der Waals surface area contributed by atoms with Crippen LogP contribution in [0.5, 0.6) is 0 Å². The first-order chi connectivity index (χ1) is 9.72. The maximum absolute atomic E-state index is 11.8. The summed E-state index contributed by atoms with van der Waals surface area (Å²) >= 11 is 1.60. The summed E-state index contributed by atoms with van der Waals surface area (Å²) in [7, 11) is 0. The Hall–Kier alpha value is -1.73. The Morgan fingerprint density at radius 2 is 2.55 bits per heavy atom. The second-order valence-corrected chi connectivity index (χ2v) is 5.63. The predicted molar refractivity (Wildman–Crippen MR) is 74.4 cm³/mol. The predicted octanol–water partition coefficient (Wildman–Crippen LogP) is 0.906. The molecule has 0 aromatic carbocycles. The summed E-state index contributed by atoms with van der Waals surface area (Å²) in [4.78, 5) is 11.8. The van der Waals surface area contributed by atoms with Gasteiger partial charge in [0.15, 0.2) is 0 Å². The van der Waals surface area contributed by atoms with Crippen molar-refractivity contribution in [3.05, 3.63) is 33.8 Å². The van der Waals surface area contributed by atoms with Gasteiger partial charge in [-0.1, -0.05) is 5.21 Å². The van der Waals surface area contributed by atoms with Gasteiger partial charge in [0.2, 0.25) is 5.91 Å². The number of amides is 1. The molecule has 2 aromatic heterocycles. The molecule has 2 aromatic rings. The number of aromatic nitrogens is 3. The van der Waals surface area contributed by atoms with Crippen molar-refractivity contribution in [3.8, 4) is 0 Å². The van der Waals surface area contributed by atoms with Crippen LogP contribution in [0.25, 0.3) is 0 Å². The van der Waals surface area contributed by atoms with Crippen LogP contribution in [0.4, 0.5) is 0 Å². The van der Waals surface area contributed by atoms with E-state index in [1.807, 2.05) is 28.4 Å². The lowest BCUT2D eigenvalue weighted by molar-refractivity contribution is -0.121. The van der Waals surface area contributed by atoms with E-state index in [-0.39, 0.29) is 12.0 Å². The second kappa shape index (κ2) is 5.72. The normalized spacial score (nSPS) is 17.8. The van der Waals surface area contributed by atoms with Gasteiger partial charge < -0.3 is 10.1 Å². The summed E-state index contributed by atoms with van der Waals surface area (Å²) < 4.78 is 7.57. The van der Waals surface area contributed by atoms with E-state index < -0.39 is 0 Å². The van der Waals surface area contributed by atoms with Crippen molar-refractivity contribution in [3.63, 3.8) is 0 Å². The highest BCUT2D eigenvalue weighted by atomic mass is 32.1. The van der Waals surface area contributed by atoms with Crippen molar-refractivity contribution >= 4 is 17.2 Å². The molecule has 1 amide bonds. The minimum Gasteiger partial charge on any atom is -0.368 e. The number of fused-ring (bicyclic) bond motifs is 1. The molecule has 0 fully saturated rings. The van der Waals surface area contributed by atoms with E-state index in [9.17, 15) is 4.79 Å². The Bertz CT molecular complexity index is 594. The van der Waals surface area contributed by atoms with Gasteiger partial charge in [0, 0.05) is 6.54 Å². The third-order valence-corrected chi connectivity index (χ3v) is 4.07. The molecule has 3 heterocycles. The van der Waals surface area contributed by atoms with Gasteiger partial charge in [-0.25, -0.2) is 4.68 Å². The number of ether oxygens (including phenoxy) is 1. The van der Waals surface area contributed by atoms with E-state index in [1.54, 1.807) is 11.3 Å². The van der Waals surface area contributed by atoms with E-state index in [1.165, 1.54) is 0 Å². The maximum Gasteiger partial charge on any atom is 0.224 e. The molecule has 6 nitrogen and oxygen atoms in total. The van der Waals surface area contributed by atoms with Crippen LogP contribution in [-0.4, -0.2) is 33.5 Å². The van der Waals surface area contributed by atoms with Crippen molar-refractivity contribution in [2.24, 2.45) is 0 Å². The Labute approximate surface area is 120 Å². The standard InChI is InChI=1S/C13H16N4O2S/c1-9-12-7-19-11(6-17(12)16-15-9)5-14-13(18)4-10-2-3-20-8-10/h2-3,8,11H,4-7H2,1H3,(H,14,18). The highest BCUT2D eigenvalue weighted by molar-refractivity contribution is 7.07.